The van der Waals surface area contributed by atoms with Gasteiger partial charge in [0.05, 0.1) is 5.56 Å². The summed E-state index contributed by atoms with van der Waals surface area (Å²) in [5.74, 6) is 1.95. The fraction of sp³-hybridized carbons (Fsp3) is 0.169. The van der Waals surface area contributed by atoms with Crippen LogP contribution < -0.4 is 34.6 Å². The van der Waals surface area contributed by atoms with Crippen LogP contribution in [0.1, 0.15) is 79.0 Å². The molecule has 0 atom stereocenters. The number of ether oxygens (including phenoxy) is 1. The molecule has 3 aromatic heterocycles. The molecule has 0 amide bonds. The molecule has 8 heteroatoms. The molecule has 4 heterocycles. The minimum absolute atomic E-state index is 0. The van der Waals surface area contributed by atoms with Gasteiger partial charge in [-0.25, -0.2) is 4.98 Å². The summed E-state index contributed by atoms with van der Waals surface area (Å²) >= 11 is 0. The Hall–Kier alpha value is -8.05. The van der Waals surface area contributed by atoms with E-state index in [1.54, 1.807) is 0 Å². The molecule has 0 N–H and O–H groups in total. The van der Waals surface area contributed by atoms with Crippen molar-refractivity contribution in [2.24, 2.45) is 0 Å². The van der Waals surface area contributed by atoms with Gasteiger partial charge in [-0.15, -0.1) is 23.6 Å². The molecule has 8 aromatic carbocycles. The number of benzene rings is 8. The molecule has 0 radical (unpaired) electrons. The molecule has 0 saturated heterocycles. The van der Waals surface area contributed by atoms with E-state index in [1.165, 1.54) is 37.4 Å². The average molecular weight is 1230 g/mol. The first-order valence-electron chi connectivity index (χ1n) is 27.0. The van der Waals surface area contributed by atoms with Crippen LogP contribution in [0.3, 0.4) is 0 Å². The molecule has 0 saturated carbocycles. The second-order valence-corrected chi connectivity index (χ2v) is 27.4. The summed E-state index contributed by atoms with van der Waals surface area (Å²) in [6, 6.07) is 83.8. The number of hydrogen-bond donors (Lipinski definition) is 0. The van der Waals surface area contributed by atoms with E-state index in [0.717, 1.165) is 61.5 Å². The molecule has 1 aliphatic rings. The molecule has 1 aliphatic heterocycles. The smallest absolute Gasteiger partial charge is 0.509 e. The zero-order valence-electron chi connectivity index (χ0n) is 46.2. The maximum atomic E-state index is 6.89. The average Bonchev–Trinajstić information content (AvgIpc) is 4.25. The van der Waals surface area contributed by atoms with Gasteiger partial charge in [-0.3, -0.25) is 4.98 Å². The van der Waals surface area contributed by atoms with Gasteiger partial charge in [-0.2, -0.15) is 12.1 Å². The van der Waals surface area contributed by atoms with Gasteiger partial charge in [0.15, 0.2) is 8.07 Å². The number of hydrogen-bond acceptors (Lipinski definition) is 3. The van der Waals surface area contributed by atoms with E-state index >= 15 is 0 Å². The fourth-order valence-electron chi connectivity index (χ4n) is 11.2. The van der Waals surface area contributed by atoms with Crippen molar-refractivity contribution in [3.63, 3.8) is 0 Å². The van der Waals surface area contributed by atoms with E-state index in [0.29, 0.717) is 11.5 Å². The Labute approximate surface area is 480 Å². The van der Waals surface area contributed by atoms with Crippen LogP contribution in [0, 0.1) is 12.1 Å². The summed E-state index contributed by atoms with van der Waals surface area (Å²) in [7, 11) is -2.85. The first-order chi connectivity index (χ1) is 37.6. The van der Waals surface area contributed by atoms with Gasteiger partial charge in [-0.1, -0.05) is 206 Å². The van der Waals surface area contributed by atoms with Crippen molar-refractivity contribution in [3.05, 3.63) is 248 Å². The third-order valence-electron chi connectivity index (χ3n) is 15.3. The van der Waals surface area contributed by atoms with Crippen molar-refractivity contribution in [2.75, 3.05) is 0 Å². The zero-order chi connectivity index (χ0) is 54.0. The van der Waals surface area contributed by atoms with Gasteiger partial charge in [0.25, 0.3) is 5.69 Å². The monoisotopic (exact) mass is 1220 g/mol. The Kier molecular flexibility index (Phi) is 13.8. The molecule has 11 aromatic rings. The second kappa shape index (κ2) is 20.6. The van der Waals surface area contributed by atoms with Crippen LogP contribution in [-0.4, -0.2) is 28.6 Å². The minimum atomic E-state index is -2.85. The summed E-state index contributed by atoms with van der Waals surface area (Å²) in [6.07, 6.45) is 5.68. The summed E-state index contributed by atoms with van der Waals surface area (Å²) in [6.45, 7) is 20.4. The van der Waals surface area contributed by atoms with Crippen LogP contribution in [0.4, 0.5) is 22.7 Å². The van der Waals surface area contributed by atoms with E-state index in [1.807, 2.05) is 42.9 Å². The number of nitrogens with zero attached hydrogens (tertiary/aromatic N) is 5. The number of para-hydroxylation sites is 1. The number of aromatic nitrogens is 3. The number of pyridine rings is 2. The van der Waals surface area contributed by atoms with Crippen molar-refractivity contribution < 1.29 is 25.8 Å². The van der Waals surface area contributed by atoms with Crippen LogP contribution in [0.5, 0.6) is 11.5 Å². The SMILES string of the molecule is CC(C)(C)c1cc([N+]2=C=[N+](c3[c-]c(Oc4[c-]c5c(cc4)c4cc([Si](c6ccccc6)(c6ccccc6)c6ccccc6)ccc4n5-c4cc(C(C)(C)C)ccn4)ccc3)c3cccc(-c4cccnc4)c32)cc(C(C)(C)C)c1.[Pt+2]. The van der Waals surface area contributed by atoms with Gasteiger partial charge in [0.1, 0.15) is 11.5 Å². The standard InChI is InChI=1S/C71H63N5OSi.Pt/c1-69(2,3)50-37-39-73-67(43-50)76-64-36-34-60(78(57-25-13-10-14-26-57,58-27-15-11-16-28-58)59-29-17-12-18-30-59)46-63(64)62-35-33-56(45-66(62)76)77-55-24-19-23-53(44-55)74-48-75(54-41-51(70(4,5)6)40-52(42-54)71(7,8)9)68-61(31-20-32-65(68)74)49-22-21-38-72-47-49;/h10-43,46-47H,1-9H3;/q;+2. The first kappa shape index (κ1) is 53.0. The minimum Gasteiger partial charge on any atom is -0.509 e. The molecule has 390 valence electrons. The van der Waals surface area contributed by atoms with Crippen molar-refractivity contribution in [3.8, 4) is 28.4 Å². The van der Waals surface area contributed by atoms with Crippen LogP contribution in [-0.2, 0) is 37.3 Å². The van der Waals surface area contributed by atoms with E-state index in [4.69, 9.17) is 9.72 Å². The van der Waals surface area contributed by atoms with Crippen molar-refractivity contribution >= 4 is 79.4 Å². The molecular formula is C71H63N5OPtSi+2. The van der Waals surface area contributed by atoms with Crippen LogP contribution in [0.15, 0.2) is 219 Å². The Bertz CT molecular complexity index is 4020. The van der Waals surface area contributed by atoms with E-state index in [2.05, 4.69) is 275 Å². The number of fused-ring (bicyclic) bond motifs is 4. The normalized spacial score (nSPS) is 12.7. The van der Waals surface area contributed by atoms with Gasteiger partial charge < -0.3 is 9.30 Å². The van der Waals surface area contributed by atoms with Crippen molar-refractivity contribution in [2.45, 2.75) is 78.6 Å². The molecule has 12 rings (SSSR count). The van der Waals surface area contributed by atoms with Crippen molar-refractivity contribution in [1.29, 1.82) is 0 Å². The number of rotatable bonds is 10. The van der Waals surface area contributed by atoms with Gasteiger partial charge >= 0.3 is 32.8 Å². The predicted molar refractivity (Wildman–Crippen MR) is 327 cm³/mol. The third kappa shape index (κ3) is 9.75. The summed E-state index contributed by atoms with van der Waals surface area (Å²) < 4.78 is 13.5. The van der Waals surface area contributed by atoms with Crippen LogP contribution >= 0.6 is 0 Å². The fourth-order valence-corrected chi connectivity index (χ4v) is 15.9. The van der Waals surface area contributed by atoms with Crippen LogP contribution in [0.25, 0.3) is 38.8 Å². The summed E-state index contributed by atoms with van der Waals surface area (Å²) in [4.78, 5) is 9.61. The van der Waals surface area contributed by atoms with E-state index in [-0.39, 0.29) is 37.3 Å². The Balaban J connectivity index is 0.00000660. The topological polar surface area (TPSA) is 46.0 Å². The van der Waals surface area contributed by atoms with Crippen molar-refractivity contribution in [1.82, 2.24) is 23.7 Å². The van der Waals surface area contributed by atoms with Gasteiger partial charge in [0, 0.05) is 59.4 Å². The third-order valence-corrected chi connectivity index (χ3v) is 20.1. The zero-order valence-corrected chi connectivity index (χ0v) is 49.5. The molecule has 0 bridgehead atoms. The Morgan fingerprint density at radius 2 is 1.13 bits per heavy atom. The molecule has 0 fully saturated rings. The summed E-state index contributed by atoms with van der Waals surface area (Å²) in [5, 5.41) is 7.45. The van der Waals surface area contributed by atoms with E-state index < -0.39 is 8.07 Å². The molecule has 6 nitrogen and oxygen atoms in total. The largest absolute Gasteiger partial charge is 2.00 e. The maximum absolute atomic E-state index is 6.89. The second-order valence-electron chi connectivity index (χ2n) is 23.6. The van der Waals surface area contributed by atoms with Gasteiger partial charge in [0.2, 0.25) is 5.69 Å². The Morgan fingerprint density at radius 3 is 1.73 bits per heavy atom. The first-order valence-corrected chi connectivity index (χ1v) is 29.0. The molecule has 0 aliphatic carbocycles. The summed E-state index contributed by atoms with van der Waals surface area (Å²) in [5.41, 5.74) is 11.3. The molecule has 0 spiro atoms. The Morgan fingerprint density at radius 1 is 0.506 bits per heavy atom. The van der Waals surface area contributed by atoms with Crippen LogP contribution in [0.2, 0.25) is 0 Å². The maximum Gasteiger partial charge on any atom is 2.00 e. The quantitative estimate of drug-likeness (QED) is 0.0593. The molecule has 0 unspecified atom stereocenters. The predicted octanol–water partition coefficient (Wildman–Crippen LogP) is 14.8. The van der Waals surface area contributed by atoms with Gasteiger partial charge in [-0.05, 0) is 94.0 Å². The van der Waals surface area contributed by atoms with E-state index in [9.17, 15) is 0 Å². The molecular weight excluding hydrogens is 1160 g/mol. The molecule has 79 heavy (non-hydrogen) atoms.